The highest BCUT2D eigenvalue weighted by Gasteiger charge is 2.20. The van der Waals surface area contributed by atoms with Crippen LogP contribution in [0, 0.1) is 25.4 Å². The molecule has 348 valence electrons. The van der Waals surface area contributed by atoms with Crippen molar-refractivity contribution < 1.29 is 4.74 Å². The van der Waals surface area contributed by atoms with Gasteiger partial charge in [-0.05, 0) is 144 Å². The molecule has 6 rings (SSSR count). The molecule has 0 fully saturated rings. The number of para-hydroxylation sites is 1. The van der Waals surface area contributed by atoms with Crippen LogP contribution in [0.2, 0.25) is 0 Å². The highest BCUT2D eigenvalue weighted by Crippen LogP contribution is 2.39. The van der Waals surface area contributed by atoms with Crippen molar-refractivity contribution in [1.29, 1.82) is 0 Å². The summed E-state index contributed by atoms with van der Waals surface area (Å²) < 4.78 is 5.38. The molecule has 0 aromatic heterocycles. The van der Waals surface area contributed by atoms with E-state index in [0.29, 0.717) is 18.2 Å². The number of rotatable bonds is 18. The average molecular weight is 896 g/mol. The molecule has 0 spiro atoms. The summed E-state index contributed by atoms with van der Waals surface area (Å²) >= 11 is 0. The van der Waals surface area contributed by atoms with Crippen molar-refractivity contribution >= 4 is 22.3 Å². The molecule has 5 aromatic rings. The Balaban J connectivity index is 0.000000282. The fourth-order valence-electron chi connectivity index (χ4n) is 7.95. The molecular formula is C66H73NO. The first-order valence-corrected chi connectivity index (χ1v) is 24.1. The highest BCUT2D eigenvalue weighted by atomic mass is 16.5. The van der Waals surface area contributed by atoms with Gasteiger partial charge in [0.25, 0.3) is 0 Å². The van der Waals surface area contributed by atoms with Gasteiger partial charge in [0.05, 0.1) is 0 Å². The van der Waals surface area contributed by atoms with E-state index in [9.17, 15) is 0 Å². The summed E-state index contributed by atoms with van der Waals surface area (Å²) in [6.07, 6.45) is 39.3. The van der Waals surface area contributed by atoms with E-state index < -0.39 is 0 Å². The monoisotopic (exact) mass is 896 g/mol. The smallest absolute Gasteiger partial charge is 0.148 e. The maximum absolute atomic E-state index is 5.81. The zero-order valence-electron chi connectivity index (χ0n) is 41.6. The van der Waals surface area contributed by atoms with Gasteiger partial charge in [-0.2, -0.15) is 0 Å². The first-order valence-electron chi connectivity index (χ1n) is 24.1. The third-order valence-electron chi connectivity index (χ3n) is 11.9. The van der Waals surface area contributed by atoms with E-state index in [2.05, 4.69) is 206 Å². The summed E-state index contributed by atoms with van der Waals surface area (Å²) in [5, 5.41) is 0. The van der Waals surface area contributed by atoms with Crippen molar-refractivity contribution in [2.45, 2.75) is 86.6 Å². The molecule has 0 radical (unpaired) electrons. The molecule has 0 amide bonds. The zero-order chi connectivity index (χ0) is 48.9. The van der Waals surface area contributed by atoms with Crippen molar-refractivity contribution in [1.82, 2.24) is 0 Å². The minimum atomic E-state index is 0.540. The van der Waals surface area contributed by atoms with Crippen LogP contribution in [0.25, 0.3) is 33.4 Å². The molecule has 0 aliphatic heterocycles. The Labute approximate surface area is 410 Å². The van der Waals surface area contributed by atoms with E-state index >= 15 is 0 Å². The third-order valence-corrected chi connectivity index (χ3v) is 11.9. The lowest BCUT2D eigenvalue weighted by Gasteiger charge is -2.23. The maximum Gasteiger partial charge on any atom is 0.148 e. The van der Waals surface area contributed by atoms with E-state index in [1.54, 1.807) is 17.2 Å². The van der Waals surface area contributed by atoms with Gasteiger partial charge in [-0.3, -0.25) is 0 Å². The summed E-state index contributed by atoms with van der Waals surface area (Å²) in [5.74, 6) is 1.23. The minimum Gasteiger partial charge on any atom is -0.407 e. The van der Waals surface area contributed by atoms with Crippen LogP contribution >= 0.6 is 0 Å². The molecule has 0 saturated heterocycles. The fraction of sp³-hybridized carbons (Fsp3) is 0.212. The van der Waals surface area contributed by atoms with Gasteiger partial charge < -0.3 is 10.5 Å². The standard InChI is InChI=1S/C34H33NO.C28H32.C4H8/c1-4-7-15-28(29-21-23-30(24-22-29)32-18-12-14-27(25-32)26-35)16-8-9-17-31(13-5-2)33-19-10-11-20-34(33)36-6-3;1-5-21(2)28-25(20-19-22(3)24-14-7-6-8-15-24)16-10-12-18-27(28)26-17-11-9-13-23(26)4;1-3-4-2/h3-5,7,10-25H,1,8-9,26,35H2,2H3;6-15,17-19,21H,5,16,20H2,1-4H3;3H,1,4H2,2H3/b13-5-,15-7-,28-16+,31-17+;22-19+;. The quantitative estimate of drug-likeness (QED) is 0.0412. The summed E-state index contributed by atoms with van der Waals surface area (Å²) in [4.78, 5) is 0. The van der Waals surface area contributed by atoms with E-state index in [1.165, 1.54) is 39.0 Å². The summed E-state index contributed by atoms with van der Waals surface area (Å²) in [6, 6.07) is 44.3. The molecule has 1 aliphatic carbocycles. The Bertz CT molecular complexity index is 2670. The largest absolute Gasteiger partial charge is 0.407 e. The second kappa shape index (κ2) is 30.2. The molecule has 0 saturated carbocycles. The molecular weight excluding hydrogens is 823 g/mol. The molecule has 1 atom stereocenters. The van der Waals surface area contributed by atoms with Gasteiger partial charge in [-0.25, -0.2) is 0 Å². The lowest BCUT2D eigenvalue weighted by atomic mass is 9.82. The lowest BCUT2D eigenvalue weighted by molar-refractivity contribution is 0.519. The highest BCUT2D eigenvalue weighted by molar-refractivity contribution is 5.84. The third kappa shape index (κ3) is 16.6. The Morgan fingerprint density at radius 3 is 2.15 bits per heavy atom. The van der Waals surface area contributed by atoms with Gasteiger partial charge in [0, 0.05) is 12.1 Å². The summed E-state index contributed by atoms with van der Waals surface area (Å²) in [7, 11) is 0. The molecule has 2 heteroatoms. The molecule has 1 unspecified atom stereocenters. The van der Waals surface area contributed by atoms with E-state index in [4.69, 9.17) is 16.9 Å². The van der Waals surface area contributed by atoms with Gasteiger partial charge in [-0.1, -0.05) is 228 Å². The number of ether oxygens (including phenoxy) is 1. The molecule has 1 aliphatic rings. The number of nitrogens with two attached hydrogens (primary N) is 1. The Kier molecular flexibility index (Phi) is 23.7. The van der Waals surface area contributed by atoms with Gasteiger partial charge in [0.15, 0.2) is 0 Å². The number of hydrogen-bond donors (Lipinski definition) is 1. The van der Waals surface area contributed by atoms with Crippen molar-refractivity contribution in [2.75, 3.05) is 0 Å². The predicted molar refractivity (Wildman–Crippen MR) is 300 cm³/mol. The Morgan fingerprint density at radius 2 is 1.49 bits per heavy atom. The van der Waals surface area contributed by atoms with Gasteiger partial charge in [0.2, 0.25) is 0 Å². The Hall–Kier alpha value is -7.18. The SMILES string of the molecule is C#COc1ccccc1C(/C=C\C)=C/CC/C=C(\C=C/C=C)c1ccc(-c2cccc(CN)c2)cc1.C=CCC.CCC(C)C1=C(C/C=C(\C)c2ccccc2)CC=CC=C1c1ccccc1C. The van der Waals surface area contributed by atoms with Crippen LogP contribution in [0.15, 0.2) is 225 Å². The normalized spacial score (nSPS) is 13.4. The molecule has 2 N–H and O–H groups in total. The maximum atomic E-state index is 5.81. The fourth-order valence-corrected chi connectivity index (χ4v) is 7.95. The van der Waals surface area contributed by atoms with Crippen molar-refractivity contribution in [3.05, 3.63) is 258 Å². The molecule has 5 aromatic carbocycles. The summed E-state index contributed by atoms with van der Waals surface area (Å²) in [5.41, 5.74) is 23.6. The predicted octanol–water partition coefficient (Wildman–Crippen LogP) is 18.1. The van der Waals surface area contributed by atoms with Gasteiger partial charge in [-0.15, -0.1) is 6.58 Å². The number of allylic oxidation sites excluding steroid dienone is 18. The molecule has 0 bridgehead atoms. The number of terminal acetylenes is 1. The topological polar surface area (TPSA) is 35.2 Å². The van der Waals surface area contributed by atoms with E-state index in [-0.39, 0.29) is 0 Å². The van der Waals surface area contributed by atoms with E-state index in [0.717, 1.165) is 66.4 Å². The van der Waals surface area contributed by atoms with Crippen LogP contribution in [0.4, 0.5) is 0 Å². The lowest BCUT2D eigenvalue weighted by Crippen LogP contribution is -2.06. The van der Waals surface area contributed by atoms with Gasteiger partial charge >= 0.3 is 0 Å². The number of aryl methyl sites for hydroxylation is 1. The molecule has 68 heavy (non-hydrogen) atoms. The summed E-state index contributed by atoms with van der Waals surface area (Å²) in [6.45, 7) is 21.0. The second-order valence-electron chi connectivity index (χ2n) is 16.7. The van der Waals surface area contributed by atoms with Crippen LogP contribution < -0.4 is 10.5 Å². The van der Waals surface area contributed by atoms with Crippen molar-refractivity contribution in [2.24, 2.45) is 11.7 Å². The number of hydrogen-bond acceptors (Lipinski definition) is 2. The van der Waals surface area contributed by atoms with Crippen LogP contribution in [0.5, 0.6) is 5.75 Å². The van der Waals surface area contributed by atoms with E-state index in [1.807, 2.05) is 49.4 Å². The van der Waals surface area contributed by atoms with Crippen LogP contribution in [-0.4, -0.2) is 0 Å². The number of benzene rings is 5. The molecule has 0 heterocycles. The molecule has 2 nitrogen and oxygen atoms in total. The van der Waals surface area contributed by atoms with Gasteiger partial charge in [0.1, 0.15) is 11.9 Å². The zero-order valence-corrected chi connectivity index (χ0v) is 41.6. The van der Waals surface area contributed by atoms with Crippen LogP contribution in [0.1, 0.15) is 107 Å². The minimum absolute atomic E-state index is 0.540. The first-order chi connectivity index (χ1) is 33.2. The van der Waals surface area contributed by atoms with Crippen molar-refractivity contribution in [3.63, 3.8) is 0 Å². The Morgan fingerprint density at radius 1 is 0.794 bits per heavy atom. The number of unbranched alkanes of at least 4 members (excludes halogenated alkanes) is 1. The van der Waals surface area contributed by atoms with Crippen LogP contribution in [0.3, 0.4) is 0 Å². The second-order valence-corrected chi connectivity index (χ2v) is 16.7. The van der Waals surface area contributed by atoms with Crippen molar-refractivity contribution in [3.8, 4) is 29.4 Å². The first kappa shape index (κ1) is 53.4. The van der Waals surface area contributed by atoms with Crippen LogP contribution in [-0.2, 0) is 6.54 Å². The average Bonchev–Trinajstić information content (AvgIpc) is 3.60.